The Morgan fingerprint density at radius 1 is 1.46 bits per heavy atom. The molecule has 1 aromatic heterocycles. The second-order valence-corrected chi connectivity index (χ2v) is 4.30. The molecule has 0 spiro atoms. The molecule has 0 amide bonds. The van der Waals surface area contributed by atoms with Crippen molar-refractivity contribution in [1.82, 2.24) is 0 Å². The Morgan fingerprint density at radius 2 is 2.23 bits per heavy atom. The number of pyridine rings is 1. The summed E-state index contributed by atoms with van der Waals surface area (Å²) in [5.74, 6) is -0.290. The lowest BCUT2D eigenvalue weighted by atomic mass is 10.2. The minimum Gasteiger partial charge on any atom is -0.748 e. The lowest BCUT2D eigenvalue weighted by Gasteiger charge is -2.04. The van der Waals surface area contributed by atoms with Crippen molar-refractivity contribution < 1.29 is 18.0 Å². The summed E-state index contributed by atoms with van der Waals surface area (Å²) in [4.78, 5) is 2.88. The fourth-order valence-corrected chi connectivity index (χ4v) is 1.54. The Morgan fingerprint density at radius 3 is 2.77 bits per heavy atom. The first-order valence-electron chi connectivity index (χ1n) is 3.96. The zero-order chi connectivity index (χ0) is 9.73. The molecule has 0 aromatic carbocycles. The Labute approximate surface area is 77.4 Å². The summed E-state index contributed by atoms with van der Waals surface area (Å²) >= 11 is 0. The zero-order valence-electron chi connectivity index (χ0n) is 7.06. The highest BCUT2D eigenvalue weighted by molar-refractivity contribution is 7.85. The molecule has 0 aliphatic carbocycles. The second-order valence-electron chi connectivity index (χ2n) is 2.78. The lowest BCUT2D eigenvalue weighted by molar-refractivity contribution is -0.378. The van der Waals surface area contributed by atoms with Crippen LogP contribution in [0.15, 0.2) is 24.5 Å². The van der Waals surface area contributed by atoms with Gasteiger partial charge in [-0.25, -0.2) is 13.4 Å². The number of aryl methyl sites for hydroxylation is 1. The maximum atomic E-state index is 10.3. The molecule has 0 radical (unpaired) electrons. The van der Waals surface area contributed by atoms with Crippen LogP contribution in [0.1, 0.15) is 12.0 Å². The molecule has 1 heterocycles. The summed E-state index contributed by atoms with van der Waals surface area (Å²) in [6, 6.07) is 3.72. The monoisotopic (exact) mass is 201 g/mol. The number of aromatic amines is 1. The molecule has 0 saturated carbocycles. The van der Waals surface area contributed by atoms with Crippen molar-refractivity contribution in [2.24, 2.45) is 0 Å². The Hall–Kier alpha value is -0.940. The van der Waals surface area contributed by atoms with Crippen molar-refractivity contribution >= 4 is 10.1 Å². The lowest BCUT2D eigenvalue weighted by Crippen LogP contribution is -2.06. The van der Waals surface area contributed by atoms with Crippen LogP contribution in [0.25, 0.3) is 0 Å². The molecule has 1 aromatic rings. The number of aromatic nitrogens is 1. The molecule has 0 aliphatic heterocycles. The summed E-state index contributed by atoms with van der Waals surface area (Å²) in [6.07, 6.45) is 4.55. The molecule has 0 saturated heterocycles. The van der Waals surface area contributed by atoms with Gasteiger partial charge in [-0.1, -0.05) is 0 Å². The number of hydrogen-bond donors (Lipinski definition) is 0. The van der Waals surface area contributed by atoms with Crippen LogP contribution >= 0.6 is 0 Å². The van der Waals surface area contributed by atoms with Crippen LogP contribution in [0, 0.1) is 0 Å². The van der Waals surface area contributed by atoms with E-state index in [1.807, 2.05) is 12.1 Å². The van der Waals surface area contributed by atoms with E-state index in [0.29, 0.717) is 12.8 Å². The van der Waals surface area contributed by atoms with Gasteiger partial charge < -0.3 is 4.55 Å². The average molecular weight is 201 g/mol. The van der Waals surface area contributed by atoms with Crippen LogP contribution in [0.2, 0.25) is 0 Å². The quantitative estimate of drug-likeness (QED) is 0.643. The highest BCUT2D eigenvalue weighted by atomic mass is 32.2. The molecule has 5 heteroatoms. The zero-order valence-corrected chi connectivity index (χ0v) is 7.88. The van der Waals surface area contributed by atoms with E-state index in [1.54, 1.807) is 12.4 Å². The van der Waals surface area contributed by atoms with Crippen molar-refractivity contribution in [1.29, 1.82) is 0 Å². The molecule has 72 valence electrons. The maximum absolute atomic E-state index is 10.3. The van der Waals surface area contributed by atoms with E-state index in [9.17, 15) is 13.0 Å². The summed E-state index contributed by atoms with van der Waals surface area (Å²) in [6.45, 7) is 0. The maximum Gasteiger partial charge on any atom is 0.170 e. The molecule has 0 atom stereocenters. The van der Waals surface area contributed by atoms with Crippen molar-refractivity contribution in [3.8, 4) is 0 Å². The summed E-state index contributed by atoms with van der Waals surface area (Å²) < 4.78 is 30.8. The average Bonchev–Trinajstić information content (AvgIpc) is 2.04. The van der Waals surface area contributed by atoms with E-state index in [4.69, 9.17) is 0 Å². The van der Waals surface area contributed by atoms with Crippen molar-refractivity contribution in [2.45, 2.75) is 12.8 Å². The van der Waals surface area contributed by atoms with E-state index in [2.05, 4.69) is 4.98 Å². The van der Waals surface area contributed by atoms with Gasteiger partial charge in [0.15, 0.2) is 12.4 Å². The van der Waals surface area contributed by atoms with Crippen LogP contribution in [-0.4, -0.2) is 18.7 Å². The van der Waals surface area contributed by atoms with Crippen LogP contribution in [0.4, 0.5) is 0 Å². The number of H-pyrrole nitrogens is 1. The van der Waals surface area contributed by atoms with Crippen molar-refractivity contribution in [2.75, 3.05) is 5.75 Å². The van der Waals surface area contributed by atoms with E-state index >= 15 is 0 Å². The summed E-state index contributed by atoms with van der Waals surface area (Å²) in [7, 11) is -4.05. The van der Waals surface area contributed by atoms with Crippen LogP contribution in [0.3, 0.4) is 0 Å². The van der Waals surface area contributed by atoms with Gasteiger partial charge >= 0.3 is 0 Å². The predicted molar refractivity (Wildman–Crippen MR) is 45.9 cm³/mol. The molecule has 0 unspecified atom stereocenters. The molecule has 0 bridgehead atoms. The van der Waals surface area contributed by atoms with Crippen molar-refractivity contribution in [3.05, 3.63) is 30.1 Å². The fourth-order valence-electron chi connectivity index (χ4n) is 1.04. The topological polar surface area (TPSA) is 71.3 Å². The molecular weight excluding hydrogens is 190 g/mol. The molecule has 1 rings (SSSR count). The van der Waals surface area contributed by atoms with Gasteiger partial charge in [-0.3, -0.25) is 0 Å². The predicted octanol–water partition coefficient (Wildman–Crippen LogP) is -0.0215. The minimum absolute atomic E-state index is 0.290. The van der Waals surface area contributed by atoms with Crippen LogP contribution < -0.4 is 4.98 Å². The number of nitrogens with one attached hydrogen (secondary N) is 1. The summed E-state index contributed by atoms with van der Waals surface area (Å²) in [5, 5.41) is 0. The largest absolute Gasteiger partial charge is 0.748 e. The van der Waals surface area contributed by atoms with Gasteiger partial charge in [-0.05, 0) is 18.9 Å². The second kappa shape index (κ2) is 4.34. The molecular formula is C8H11NO3S. The van der Waals surface area contributed by atoms with Gasteiger partial charge in [0.1, 0.15) is 0 Å². The Kier molecular flexibility index (Phi) is 3.39. The first-order valence-corrected chi connectivity index (χ1v) is 5.54. The van der Waals surface area contributed by atoms with Crippen molar-refractivity contribution in [3.63, 3.8) is 0 Å². The fraction of sp³-hybridized carbons (Fsp3) is 0.375. The minimum atomic E-state index is -4.05. The van der Waals surface area contributed by atoms with Gasteiger partial charge in [-0.2, -0.15) is 0 Å². The molecule has 0 aliphatic rings. The van der Waals surface area contributed by atoms with Crippen LogP contribution in [0.5, 0.6) is 0 Å². The highest BCUT2D eigenvalue weighted by Gasteiger charge is 1.98. The third-order valence-corrected chi connectivity index (χ3v) is 2.42. The van der Waals surface area contributed by atoms with Gasteiger partial charge in [0.25, 0.3) is 0 Å². The highest BCUT2D eigenvalue weighted by Crippen LogP contribution is 2.00. The first kappa shape index (κ1) is 10.1. The SMILES string of the molecule is O=S(=O)([O-])CCCc1ccc[nH+]c1. The van der Waals surface area contributed by atoms with E-state index in [-0.39, 0.29) is 5.75 Å². The van der Waals surface area contributed by atoms with E-state index in [0.717, 1.165) is 5.56 Å². The number of hydrogen-bond acceptors (Lipinski definition) is 3. The molecule has 1 N–H and O–H groups in total. The smallest absolute Gasteiger partial charge is 0.170 e. The van der Waals surface area contributed by atoms with E-state index < -0.39 is 10.1 Å². The van der Waals surface area contributed by atoms with Gasteiger partial charge in [-0.15, -0.1) is 0 Å². The molecule has 0 fully saturated rings. The third-order valence-electron chi connectivity index (χ3n) is 1.63. The van der Waals surface area contributed by atoms with E-state index in [1.165, 1.54) is 0 Å². The van der Waals surface area contributed by atoms with Gasteiger partial charge in [0.2, 0.25) is 0 Å². The van der Waals surface area contributed by atoms with Gasteiger partial charge in [0, 0.05) is 17.4 Å². The normalized spacial score (nSPS) is 11.5. The van der Waals surface area contributed by atoms with Crippen LogP contribution in [-0.2, 0) is 16.5 Å². The first-order chi connectivity index (χ1) is 6.08. The summed E-state index contributed by atoms with van der Waals surface area (Å²) in [5.41, 5.74) is 1.01. The number of rotatable bonds is 4. The van der Waals surface area contributed by atoms with Gasteiger partial charge in [0.05, 0.1) is 10.1 Å². The molecule has 13 heavy (non-hydrogen) atoms. The standard InChI is InChI=1S/C8H11NO3S/c10-13(11,12)6-2-4-8-3-1-5-9-7-8/h1,3,5,7H,2,4,6H2,(H,10,11,12). The Bertz CT molecular complexity index is 347. The third kappa shape index (κ3) is 4.59. The molecule has 4 nitrogen and oxygen atoms in total. The Balaban J connectivity index is 2.37.